The first-order chi connectivity index (χ1) is 11.2. The molecule has 1 saturated heterocycles. The number of hydrogen-bond donors (Lipinski definition) is 1. The summed E-state index contributed by atoms with van der Waals surface area (Å²) in [6, 6.07) is 6.17. The molecule has 128 valence electrons. The summed E-state index contributed by atoms with van der Waals surface area (Å²) >= 11 is 0. The molecule has 1 aliphatic heterocycles. The number of amides is 1. The maximum absolute atomic E-state index is 12.1. The summed E-state index contributed by atoms with van der Waals surface area (Å²) in [6.07, 6.45) is 1.74. The summed E-state index contributed by atoms with van der Waals surface area (Å²) < 4.78 is 5.42. The number of ether oxygens (including phenoxy) is 1. The Labute approximate surface area is 138 Å². The molecule has 1 fully saturated rings. The maximum Gasteiger partial charge on any atom is 0.234 e. The highest BCUT2D eigenvalue weighted by atomic mass is 16.5. The predicted molar refractivity (Wildman–Crippen MR) is 90.1 cm³/mol. The van der Waals surface area contributed by atoms with Crippen LogP contribution in [-0.2, 0) is 16.1 Å². The zero-order chi connectivity index (χ0) is 16.5. The van der Waals surface area contributed by atoms with Gasteiger partial charge in [-0.05, 0) is 26.0 Å². The molecule has 0 bridgehead atoms. The van der Waals surface area contributed by atoms with Crippen molar-refractivity contribution in [2.45, 2.75) is 26.4 Å². The first-order valence-corrected chi connectivity index (χ1v) is 8.39. The highest BCUT2D eigenvalue weighted by molar-refractivity contribution is 5.77. The van der Waals surface area contributed by atoms with Gasteiger partial charge in [0.05, 0.1) is 25.4 Å². The van der Waals surface area contributed by atoms with Gasteiger partial charge in [0.1, 0.15) is 0 Å². The average Bonchev–Trinajstić information content (AvgIpc) is 2.56. The third-order valence-electron chi connectivity index (χ3n) is 4.14. The Bertz CT molecular complexity index is 469. The van der Waals surface area contributed by atoms with Gasteiger partial charge in [-0.3, -0.25) is 19.6 Å². The molecule has 1 aromatic heterocycles. The van der Waals surface area contributed by atoms with Gasteiger partial charge in [0, 0.05) is 45.0 Å². The Hall–Kier alpha value is -1.50. The maximum atomic E-state index is 12.1. The van der Waals surface area contributed by atoms with Crippen LogP contribution < -0.4 is 5.32 Å². The Morgan fingerprint density at radius 3 is 3.00 bits per heavy atom. The number of aromatic nitrogens is 1. The van der Waals surface area contributed by atoms with Crippen molar-refractivity contribution in [1.82, 2.24) is 20.1 Å². The number of hydrogen-bond acceptors (Lipinski definition) is 5. The van der Waals surface area contributed by atoms with Crippen LogP contribution in [0.3, 0.4) is 0 Å². The van der Waals surface area contributed by atoms with Crippen molar-refractivity contribution in [2.75, 3.05) is 45.9 Å². The number of rotatable bonds is 8. The normalized spacial score (nSPS) is 19.7. The predicted octanol–water partition coefficient (Wildman–Crippen LogP) is 0.740. The number of nitrogens with one attached hydrogen (secondary N) is 1. The van der Waals surface area contributed by atoms with Gasteiger partial charge in [0.25, 0.3) is 0 Å². The number of carbonyl (C=O) groups is 1. The molecule has 6 nitrogen and oxygen atoms in total. The van der Waals surface area contributed by atoms with Gasteiger partial charge >= 0.3 is 0 Å². The monoisotopic (exact) mass is 320 g/mol. The zero-order valence-corrected chi connectivity index (χ0v) is 14.2. The second-order valence-electron chi connectivity index (χ2n) is 5.91. The molecule has 0 saturated carbocycles. The number of piperazine rings is 1. The molecule has 0 unspecified atom stereocenters. The van der Waals surface area contributed by atoms with E-state index in [-0.39, 0.29) is 5.91 Å². The highest BCUT2D eigenvalue weighted by Gasteiger charge is 2.24. The molecule has 1 aromatic rings. The minimum absolute atomic E-state index is 0.0608. The van der Waals surface area contributed by atoms with Crippen molar-refractivity contribution in [3.05, 3.63) is 30.1 Å². The standard InChI is InChI=1S/C17H28N4O2/c1-3-23-11-10-21-9-8-20(13-15(21)2)14-17(22)19-12-16-6-4-5-7-18-16/h4-7,15H,3,8-14H2,1-2H3,(H,19,22)/t15-/m1/s1. The molecule has 0 radical (unpaired) electrons. The van der Waals surface area contributed by atoms with Gasteiger partial charge in [-0.2, -0.15) is 0 Å². The fourth-order valence-electron chi connectivity index (χ4n) is 2.82. The Kier molecular flexibility index (Phi) is 7.45. The lowest BCUT2D eigenvalue weighted by molar-refractivity contribution is -0.123. The SMILES string of the molecule is CCOCCN1CCN(CC(=O)NCc2ccccn2)C[C@H]1C. The van der Waals surface area contributed by atoms with Crippen molar-refractivity contribution >= 4 is 5.91 Å². The summed E-state index contributed by atoms with van der Waals surface area (Å²) in [5.74, 6) is 0.0608. The van der Waals surface area contributed by atoms with Crippen LogP contribution in [-0.4, -0.2) is 72.7 Å². The lowest BCUT2D eigenvalue weighted by Crippen LogP contribution is -2.54. The van der Waals surface area contributed by atoms with Gasteiger partial charge < -0.3 is 10.1 Å². The second kappa shape index (κ2) is 9.60. The first kappa shape index (κ1) is 17.8. The molecule has 1 amide bonds. The Morgan fingerprint density at radius 1 is 1.43 bits per heavy atom. The van der Waals surface area contributed by atoms with Crippen LogP contribution >= 0.6 is 0 Å². The fourth-order valence-corrected chi connectivity index (χ4v) is 2.82. The molecular weight excluding hydrogens is 292 g/mol. The number of carbonyl (C=O) groups excluding carboxylic acids is 1. The quantitative estimate of drug-likeness (QED) is 0.716. The fraction of sp³-hybridized carbons (Fsp3) is 0.647. The van der Waals surface area contributed by atoms with Crippen molar-refractivity contribution in [3.63, 3.8) is 0 Å². The van der Waals surface area contributed by atoms with E-state index in [1.807, 2.05) is 25.1 Å². The van der Waals surface area contributed by atoms with Gasteiger partial charge in [0.15, 0.2) is 0 Å². The summed E-state index contributed by atoms with van der Waals surface area (Å²) in [5.41, 5.74) is 0.884. The molecular formula is C17H28N4O2. The lowest BCUT2D eigenvalue weighted by Gasteiger charge is -2.39. The largest absolute Gasteiger partial charge is 0.380 e. The molecule has 1 N–H and O–H groups in total. The minimum Gasteiger partial charge on any atom is -0.380 e. The van der Waals surface area contributed by atoms with Crippen molar-refractivity contribution < 1.29 is 9.53 Å². The van der Waals surface area contributed by atoms with Crippen LogP contribution in [0, 0.1) is 0 Å². The highest BCUT2D eigenvalue weighted by Crippen LogP contribution is 2.08. The molecule has 23 heavy (non-hydrogen) atoms. The lowest BCUT2D eigenvalue weighted by atomic mass is 10.2. The molecule has 1 atom stereocenters. The summed E-state index contributed by atoms with van der Waals surface area (Å²) in [4.78, 5) is 20.9. The van der Waals surface area contributed by atoms with Crippen LogP contribution in [0.4, 0.5) is 0 Å². The van der Waals surface area contributed by atoms with E-state index < -0.39 is 0 Å². The first-order valence-electron chi connectivity index (χ1n) is 8.39. The third-order valence-corrected chi connectivity index (χ3v) is 4.14. The van der Waals surface area contributed by atoms with Crippen LogP contribution in [0.5, 0.6) is 0 Å². The molecule has 2 rings (SSSR count). The summed E-state index contributed by atoms with van der Waals surface area (Å²) in [7, 11) is 0. The average molecular weight is 320 g/mol. The van der Waals surface area contributed by atoms with E-state index in [1.54, 1.807) is 6.20 Å². The van der Waals surface area contributed by atoms with E-state index in [2.05, 4.69) is 27.0 Å². The van der Waals surface area contributed by atoms with Crippen LogP contribution in [0.1, 0.15) is 19.5 Å². The minimum atomic E-state index is 0.0608. The van der Waals surface area contributed by atoms with Crippen LogP contribution in [0.25, 0.3) is 0 Å². The van der Waals surface area contributed by atoms with Gasteiger partial charge in [-0.25, -0.2) is 0 Å². The van der Waals surface area contributed by atoms with Gasteiger partial charge in [-0.15, -0.1) is 0 Å². The van der Waals surface area contributed by atoms with Crippen molar-refractivity contribution in [1.29, 1.82) is 0 Å². The molecule has 1 aliphatic rings. The van der Waals surface area contributed by atoms with E-state index >= 15 is 0 Å². The molecule has 0 aromatic carbocycles. The van der Waals surface area contributed by atoms with E-state index in [4.69, 9.17) is 4.74 Å². The molecule has 2 heterocycles. The van der Waals surface area contributed by atoms with Crippen molar-refractivity contribution in [2.24, 2.45) is 0 Å². The smallest absolute Gasteiger partial charge is 0.234 e. The number of pyridine rings is 1. The number of nitrogens with zero attached hydrogens (tertiary/aromatic N) is 3. The Morgan fingerprint density at radius 2 is 2.30 bits per heavy atom. The van der Waals surface area contributed by atoms with Gasteiger partial charge in [-0.1, -0.05) is 6.07 Å². The third kappa shape index (κ3) is 6.25. The van der Waals surface area contributed by atoms with E-state index in [9.17, 15) is 4.79 Å². The Balaban J connectivity index is 1.67. The van der Waals surface area contributed by atoms with Crippen LogP contribution in [0.15, 0.2) is 24.4 Å². The van der Waals surface area contributed by atoms with Gasteiger partial charge in [0.2, 0.25) is 5.91 Å². The molecule has 0 spiro atoms. The topological polar surface area (TPSA) is 57.7 Å². The van der Waals surface area contributed by atoms with E-state index in [1.165, 1.54) is 0 Å². The van der Waals surface area contributed by atoms with Crippen LogP contribution in [0.2, 0.25) is 0 Å². The molecule has 0 aliphatic carbocycles. The summed E-state index contributed by atoms with van der Waals surface area (Å²) in [6.45, 7) is 10.5. The van der Waals surface area contributed by atoms with Crippen molar-refractivity contribution in [3.8, 4) is 0 Å². The zero-order valence-electron chi connectivity index (χ0n) is 14.2. The summed E-state index contributed by atoms with van der Waals surface area (Å²) in [5, 5.41) is 2.94. The second-order valence-corrected chi connectivity index (χ2v) is 5.91. The van der Waals surface area contributed by atoms with E-state index in [0.717, 1.165) is 45.1 Å². The molecule has 6 heteroatoms. The van der Waals surface area contributed by atoms with E-state index in [0.29, 0.717) is 19.1 Å².